The number of carbonyl (C=O) groups is 2. The van der Waals surface area contributed by atoms with Crippen molar-refractivity contribution in [3.8, 4) is 6.07 Å². The van der Waals surface area contributed by atoms with E-state index in [-0.39, 0.29) is 11.3 Å². The van der Waals surface area contributed by atoms with E-state index in [2.05, 4.69) is 0 Å². The summed E-state index contributed by atoms with van der Waals surface area (Å²) in [6.07, 6.45) is 0. The van der Waals surface area contributed by atoms with E-state index in [1.54, 1.807) is 12.1 Å². The largest absolute Gasteiger partial charge is 0.481 e. The number of benzene rings is 2. The molecule has 0 amide bonds. The van der Waals surface area contributed by atoms with Crippen molar-refractivity contribution in [2.24, 2.45) is 0 Å². The summed E-state index contributed by atoms with van der Waals surface area (Å²) < 4.78 is 0. The molecular formula is C16H13NO4S. The van der Waals surface area contributed by atoms with Crippen LogP contribution < -0.4 is 0 Å². The highest BCUT2D eigenvalue weighted by Crippen LogP contribution is 2.15. The topological polar surface area (TPSA) is 98.4 Å². The predicted molar refractivity (Wildman–Crippen MR) is 82.9 cm³/mol. The second-order valence-electron chi connectivity index (χ2n) is 3.99. The maximum absolute atomic E-state index is 10.4. The summed E-state index contributed by atoms with van der Waals surface area (Å²) in [5, 5.41) is 25.3. The number of nitriles is 1. The number of hydrogen-bond acceptors (Lipinski definition) is 4. The molecule has 2 aromatic carbocycles. The smallest absolute Gasteiger partial charge is 0.335 e. The lowest BCUT2D eigenvalue weighted by molar-refractivity contribution is -0.133. The van der Waals surface area contributed by atoms with Crippen molar-refractivity contribution in [2.75, 3.05) is 5.75 Å². The van der Waals surface area contributed by atoms with Gasteiger partial charge in [0.1, 0.15) is 0 Å². The maximum atomic E-state index is 10.4. The highest BCUT2D eigenvalue weighted by molar-refractivity contribution is 8.00. The summed E-state index contributed by atoms with van der Waals surface area (Å²) in [4.78, 5) is 21.5. The molecule has 0 aliphatic carbocycles. The molecule has 0 heterocycles. The quantitative estimate of drug-likeness (QED) is 0.841. The lowest BCUT2D eigenvalue weighted by Crippen LogP contribution is -1.96. The highest BCUT2D eigenvalue weighted by Gasteiger charge is 2.01. The Labute approximate surface area is 131 Å². The minimum Gasteiger partial charge on any atom is -0.481 e. The van der Waals surface area contributed by atoms with Crippen molar-refractivity contribution >= 4 is 23.7 Å². The molecule has 0 aliphatic rings. The molecule has 6 heteroatoms. The summed E-state index contributed by atoms with van der Waals surface area (Å²) in [5.41, 5.74) is 0.508. The number of hydrogen-bond donors (Lipinski definition) is 2. The van der Waals surface area contributed by atoms with Crippen LogP contribution in [-0.2, 0) is 4.79 Å². The average molecular weight is 315 g/mol. The van der Waals surface area contributed by atoms with Gasteiger partial charge in [0.05, 0.1) is 22.9 Å². The maximum Gasteiger partial charge on any atom is 0.335 e. The number of nitrogens with zero attached hydrogens (tertiary/aromatic N) is 1. The van der Waals surface area contributed by atoms with Crippen LogP contribution in [0.3, 0.4) is 0 Å². The SMILES string of the molecule is N#Cc1cccc(C(=O)O)c1.O=C(O)CSc1ccccc1. The van der Waals surface area contributed by atoms with E-state index in [1.165, 1.54) is 23.9 Å². The zero-order valence-electron chi connectivity index (χ0n) is 11.5. The van der Waals surface area contributed by atoms with Gasteiger partial charge < -0.3 is 10.2 Å². The number of aliphatic carboxylic acids is 1. The number of carboxylic acid groups (broad SMARTS) is 2. The number of rotatable bonds is 4. The van der Waals surface area contributed by atoms with Gasteiger partial charge in [-0.3, -0.25) is 4.79 Å². The van der Waals surface area contributed by atoms with Gasteiger partial charge in [-0.15, -0.1) is 11.8 Å². The second kappa shape index (κ2) is 9.21. The van der Waals surface area contributed by atoms with Crippen LogP contribution in [-0.4, -0.2) is 27.9 Å². The second-order valence-corrected chi connectivity index (χ2v) is 5.04. The van der Waals surface area contributed by atoms with E-state index in [4.69, 9.17) is 15.5 Å². The van der Waals surface area contributed by atoms with Gasteiger partial charge in [-0.25, -0.2) is 4.79 Å². The third-order valence-corrected chi connectivity index (χ3v) is 3.34. The van der Waals surface area contributed by atoms with E-state index in [0.29, 0.717) is 5.56 Å². The molecule has 0 unspecified atom stereocenters. The molecular weight excluding hydrogens is 302 g/mol. The molecule has 0 bridgehead atoms. The van der Waals surface area contributed by atoms with Crippen LogP contribution in [0.1, 0.15) is 15.9 Å². The Hall–Kier alpha value is -2.78. The van der Waals surface area contributed by atoms with Crippen molar-refractivity contribution in [1.29, 1.82) is 5.26 Å². The van der Waals surface area contributed by atoms with Crippen molar-refractivity contribution in [2.45, 2.75) is 4.90 Å². The van der Waals surface area contributed by atoms with Gasteiger partial charge in [-0.1, -0.05) is 24.3 Å². The lowest BCUT2D eigenvalue weighted by Gasteiger charge is -1.95. The summed E-state index contributed by atoms with van der Waals surface area (Å²) >= 11 is 1.33. The fraction of sp³-hybridized carbons (Fsp3) is 0.0625. The minimum atomic E-state index is -1.01. The Morgan fingerprint density at radius 2 is 1.73 bits per heavy atom. The van der Waals surface area contributed by atoms with Crippen LogP contribution in [0.2, 0.25) is 0 Å². The molecule has 0 aromatic heterocycles. The van der Waals surface area contributed by atoms with E-state index >= 15 is 0 Å². The molecule has 0 atom stereocenters. The molecule has 0 saturated heterocycles. The zero-order valence-corrected chi connectivity index (χ0v) is 12.3. The van der Waals surface area contributed by atoms with Crippen LogP contribution in [0.4, 0.5) is 0 Å². The first-order valence-corrected chi connectivity index (χ1v) is 7.14. The Balaban J connectivity index is 0.000000220. The zero-order chi connectivity index (χ0) is 16.4. The first-order valence-electron chi connectivity index (χ1n) is 6.16. The van der Waals surface area contributed by atoms with Gasteiger partial charge in [0.15, 0.2) is 0 Å². The molecule has 0 spiro atoms. The predicted octanol–water partition coefficient (Wildman–Crippen LogP) is 3.12. The lowest BCUT2D eigenvalue weighted by atomic mass is 10.1. The number of thioether (sulfide) groups is 1. The monoisotopic (exact) mass is 315 g/mol. The first-order chi connectivity index (χ1) is 10.5. The van der Waals surface area contributed by atoms with Gasteiger partial charge in [0, 0.05) is 4.90 Å². The van der Waals surface area contributed by atoms with E-state index in [1.807, 2.05) is 36.4 Å². The minimum absolute atomic E-state index is 0.129. The van der Waals surface area contributed by atoms with Crippen LogP contribution in [0.15, 0.2) is 59.5 Å². The molecule has 2 aromatic rings. The van der Waals surface area contributed by atoms with Gasteiger partial charge >= 0.3 is 11.9 Å². The third kappa shape index (κ3) is 6.59. The number of carboxylic acids is 2. The van der Waals surface area contributed by atoms with E-state index < -0.39 is 11.9 Å². The molecule has 2 rings (SSSR count). The molecule has 0 saturated carbocycles. The average Bonchev–Trinajstić information content (AvgIpc) is 2.54. The van der Waals surface area contributed by atoms with Crippen LogP contribution >= 0.6 is 11.8 Å². The third-order valence-electron chi connectivity index (χ3n) is 2.34. The standard InChI is InChI=1S/C8H5NO2.C8H8O2S/c9-5-6-2-1-3-7(4-6)8(10)11;9-8(10)6-11-7-4-2-1-3-5-7/h1-4H,(H,10,11);1-5H,6H2,(H,9,10). The Kier molecular flexibility index (Phi) is 7.23. The summed E-state index contributed by atoms with van der Waals surface area (Å²) in [6.45, 7) is 0. The summed E-state index contributed by atoms with van der Waals surface area (Å²) in [7, 11) is 0. The summed E-state index contributed by atoms with van der Waals surface area (Å²) in [5.74, 6) is -1.66. The normalized spacial score (nSPS) is 9.05. The molecule has 2 N–H and O–H groups in total. The van der Waals surface area contributed by atoms with Crippen LogP contribution in [0, 0.1) is 11.3 Å². The molecule has 112 valence electrons. The van der Waals surface area contributed by atoms with Gasteiger partial charge in [0.2, 0.25) is 0 Å². The Morgan fingerprint density at radius 1 is 1.05 bits per heavy atom. The fourth-order valence-electron chi connectivity index (χ4n) is 1.38. The van der Waals surface area contributed by atoms with Gasteiger partial charge in [-0.05, 0) is 30.3 Å². The molecule has 0 radical (unpaired) electrons. The van der Waals surface area contributed by atoms with Crippen molar-refractivity contribution < 1.29 is 19.8 Å². The van der Waals surface area contributed by atoms with E-state index in [9.17, 15) is 9.59 Å². The van der Waals surface area contributed by atoms with Gasteiger partial charge in [-0.2, -0.15) is 5.26 Å². The Morgan fingerprint density at radius 3 is 2.27 bits per heavy atom. The molecule has 0 fully saturated rings. The van der Waals surface area contributed by atoms with Gasteiger partial charge in [0.25, 0.3) is 0 Å². The molecule has 5 nitrogen and oxygen atoms in total. The van der Waals surface area contributed by atoms with Crippen molar-refractivity contribution in [1.82, 2.24) is 0 Å². The highest BCUT2D eigenvalue weighted by atomic mass is 32.2. The summed E-state index contributed by atoms with van der Waals surface area (Å²) in [6, 6.07) is 17.2. The van der Waals surface area contributed by atoms with Crippen molar-refractivity contribution in [3.63, 3.8) is 0 Å². The first kappa shape index (κ1) is 17.3. The molecule has 22 heavy (non-hydrogen) atoms. The van der Waals surface area contributed by atoms with Crippen molar-refractivity contribution in [3.05, 3.63) is 65.7 Å². The van der Waals surface area contributed by atoms with E-state index in [0.717, 1.165) is 4.90 Å². The molecule has 0 aliphatic heterocycles. The number of aromatic carboxylic acids is 1. The van der Waals surface area contributed by atoms with Crippen LogP contribution in [0.5, 0.6) is 0 Å². The fourth-order valence-corrected chi connectivity index (χ4v) is 2.02. The Bertz CT molecular complexity index is 680. The van der Waals surface area contributed by atoms with Crippen LogP contribution in [0.25, 0.3) is 0 Å².